The topological polar surface area (TPSA) is 83.0 Å². The standard InChI is InChI=1S/C10H10ClN5O/c1-12-16-9-13-8(14-10(17)15-9)6-3-2-4-7(11)5-6/h2-5,12H,1H3,(H2,13,14,15,16,17). The summed E-state index contributed by atoms with van der Waals surface area (Å²) >= 11 is 5.87. The molecule has 3 N–H and O–H groups in total. The summed E-state index contributed by atoms with van der Waals surface area (Å²) in [7, 11) is 1.67. The van der Waals surface area contributed by atoms with Crippen molar-refractivity contribution in [1.29, 1.82) is 0 Å². The zero-order valence-corrected chi connectivity index (χ0v) is 9.73. The molecule has 0 aliphatic heterocycles. The largest absolute Gasteiger partial charge is 0.479 e. The van der Waals surface area contributed by atoms with Crippen LogP contribution in [0.25, 0.3) is 11.4 Å². The number of anilines is 1. The summed E-state index contributed by atoms with van der Waals surface area (Å²) in [5, 5.41) is 9.96. The minimum Gasteiger partial charge on any atom is -0.479 e. The quantitative estimate of drug-likeness (QED) is 0.716. The van der Waals surface area contributed by atoms with E-state index in [1.54, 1.807) is 31.3 Å². The van der Waals surface area contributed by atoms with Gasteiger partial charge in [-0.15, -0.1) is 0 Å². The van der Waals surface area contributed by atoms with Gasteiger partial charge in [0.15, 0.2) is 5.82 Å². The first-order chi connectivity index (χ1) is 8.19. The maximum atomic E-state index is 9.39. The number of hydrogen-bond acceptors (Lipinski definition) is 6. The van der Waals surface area contributed by atoms with Gasteiger partial charge in [-0.05, 0) is 12.1 Å². The first-order valence-corrected chi connectivity index (χ1v) is 5.20. The number of benzene rings is 1. The lowest BCUT2D eigenvalue weighted by Gasteiger charge is -2.05. The predicted molar refractivity (Wildman–Crippen MR) is 64.6 cm³/mol. The van der Waals surface area contributed by atoms with Gasteiger partial charge in [-0.3, -0.25) is 5.43 Å². The molecule has 0 aliphatic carbocycles. The average molecular weight is 252 g/mol. The third-order valence-corrected chi connectivity index (χ3v) is 2.18. The van der Waals surface area contributed by atoms with Crippen molar-refractivity contribution < 1.29 is 5.11 Å². The molecule has 17 heavy (non-hydrogen) atoms. The van der Waals surface area contributed by atoms with Gasteiger partial charge in [0, 0.05) is 17.6 Å². The number of aromatic hydroxyl groups is 1. The van der Waals surface area contributed by atoms with Gasteiger partial charge in [-0.1, -0.05) is 23.7 Å². The van der Waals surface area contributed by atoms with Crippen molar-refractivity contribution in [2.75, 3.05) is 12.5 Å². The zero-order valence-electron chi connectivity index (χ0n) is 8.98. The van der Waals surface area contributed by atoms with Crippen molar-refractivity contribution in [2.24, 2.45) is 0 Å². The van der Waals surface area contributed by atoms with E-state index in [-0.39, 0.29) is 12.0 Å². The van der Waals surface area contributed by atoms with Crippen LogP contribution in [0.1, 0.15) is 0 Å². The fourth-order valence-corrected chi connectivity index (χ4v) is 1.48. The SMILES string of the molecule is CNNc1nc(O)nc(-c2cccc(Cl)c2)n1. The Morgan fingerprint density at radius 1 is 1.24 bits per heavy atom. The summed E-state index contributed by atoms with van der Waals surface area (Å²) < 4.78 is 0. The van der Waals surface area contributed by atoms with Crippen LogP contribution in [0.15, 0.2) is 24.3 Å². The lowest BCUT2D eigenvalue weighted by molar-refractivity contribution is 0.429. The second kappa shape index (κ2) is 4.94. The molecule has 0 atom stereocenters. The number of hydrazine groups is 1. The van der Waals surface area contributed by atoms with Gasteiger partial charge in [0.05, 0.1) is 0 Å². The fourth-order valence-electron chi connectivity index (χ4n) is 1.29. The summed E-state index contributed by atoms with van der Waals surface area (Å²) in [4.78, 5) is 11.7. The van der Waals surface area contributed by atoms with Gasteiger partial charge in [-0.2, -0.15) is 15.0 Å². The number of rotatable bonds is 3. The highest BCUT2D eigenvalue weighted by molar-refractivity contribution is 6.30. The van der Waals surface area contributed by atoms with E-state index >= 15 is 0 Å². The molecule has 88 valence electrons. The Labute approximate surface area is 103 Å². The van der Waals surface area contributed by atoms with Crippen LogP contribution in [-0.4, -0.2) is 27.1 Å². The second-order valence-corrected chi connectivity index (χ2v) is 3.60. The normalized spacial score (nSPS) is 10.2. The third kappa shape index (κ3) is 2.80. The number of aromatic nitrogens is 3. The van der Waals surface area contributed by atoms with Gasteiger partial charge in [0.25, 0.3) is 0 Å². The molecule has 2 aromatic rings. The first kappa shape index (κ1) is 11.6. The minimum absolute atomic E-state index is 0.231. The molecular weight excluding hydrogens is 242 g/mol. The Morgan fingerprint density at radius 2 is 2.06 bits per heavy atom. The lowest BCUT2D eigenvalue weighted by Crippen LogP contribution is -2.17. The predicted octanol–water partition coefficient (Wildman–Crippen LogP) is 1.44. The second-order valence-electron chi connectivity index (χ2n) is 3.17. The molecule has 0 aliphatic rings. The van der Waals surface area contributed by atoms with Crippen molar-refractivity contribution in [3.63, 3.8) is 0 Å². The van der Waals surface area contributed by atoms with Crippen molar-refractivity contribution in [1.82, 2.24) is 20.4 Å². The summed E-state index contributed by atoms with van der Waals surface area (Å²) in [5.41, 5.74) is 6.03. The molecule has 1 heterocycles. The van der Waals surface area contributed by atoms with Crippen LogP contribution in [0, 0.1) is 0 Å². The van der Waals surface area contributed by atoms with Gasteiger partial charge < -0.3 is 5.11 Å². The Morgan fingerprint density at radius 3 is 2.76 bits per heavy atom. The average Bonchev–Trinajstić information content (AvgIpc) is 2.28. The Balaban J connectivity index is 2.44. The first-order valence-electron chi connectivity index (χ1n) is 4.83. The molecule has 0 unspecified atom stereocenters. The Kier molecular flexibility index (Phi) is 3.36. The molecule has 6 nitrogen and oxygen atoms in total. The molecule has 0 amide bonds. The van der Waals surface area contributed by atoms with Gasteiger partial charge in [0.1, 0.15) is 0 Å². The van der Waals surface area contributed by atoms with Gasteiger partial charge >= 0.3 is 6.01 Å². The zero-order chi connectivity index (χ0) is 12.3. The summed E-state index contributed by atoms with van der Waals surface area (Å²) in [6.07, 6.45) is 0. The highest BCUT2D eigenvalue weighted by Crippen LogP contribution is 2.21. The van der Waals surface area contributed by atoms with Crippen molar-refractivity contribution >= 4 is 17.5 Å². The van der Waals surface area contributed by atoms with E-state index in [0.717, 1.165) is 0 Å². The highest BCUT2D eigenvalue weighted by Gasteiger charge is 2.07. The number of halogens is 1. The smallest absolute Gasteiger partial charge is 0.319 e. The van der Waals surface area contributed by atoms with Crippen LogP contribution in [-0.2, 0) is 0 Å². The summed E-state index contributed by atoms with van der Waals surface area (Å²) in [6.45, 7) is 0. The maximum absolute atomic E-state index is 9.39. The molecule has 0 radical (unpaired) electrons. The molecule has 2 rings (SSSR count). The molecule has 0 fully saturated rings. The summed E-state index contributed by atoms with van der Waals surface area (Å²) in [5.74, 6) is 0.577. The highest BCUT2D eigenvalue weighted by atomic mass is 35.5. The Bertz CT molecular complexity index is 534. The van der Waals surface area contributed by atoms with E-state index in [2.05, 4.69) is 25.8 Å². The molecule has 7 heteroatoms. The Hall–Kier alpha value is -1.92. The lowest BCUT2D eigenvalue weighted by atomic mass is 10.2. The fraction of sp³-hybridized carbons (Fsp3) is 0.100. The van der Waals surface area contributed by atoms with Crippen LogP contribution in [0.5, 0.6) is 6.01 Å². The van der Waals surface area contributed by atoms with E-state index in [4.69, 9.17) is 11.6 Å². The van der Waals surface area contributed by atoms with Crippen LogP contribution in [0.2, 0.25) is 5.02 Å². The van der Waals surface area contributed by atoms with E-state index in [1.165, 1.54) is 0 Å². The van der Waals surface area contributed by atoms with Gasteiger partial charge in [0.2, 0.25) is 5.95 Å². The molecule has 0 saturated carbocycles. The van der Waals surface area contributed by atoms with Crippen LogP contribution in [0.3, 0.4) is 0 Å². The molecule has 0 spiro atoms. The van der Waals surface area contributed by atoms with Crippen LogP contribution in [0.4, 0.5) is 5.95 Å². The molecule has 0 saturated heterocycles. The molecule has 1 aromatic carbocycles. The molecule has 0 bridgehead atoms. The molecule has 1 aromatic heterocycles. The third-order valence-electron chi connectivity index (χ3n) is 1.94. The monoisotopic (exact) mass is 251 g/mol. The number of nitrogens with zero attached hydrogens (tertiary/aromatic N) is 3. The van der Waals surface area contributed by atoms with Crippen LogP contribution >= 0.6 is 11.6 Å². The van der Waals surface area contributed by atoms with Crippen molar-refractivity contribution in [2.45, 2.75) is 0 Å². The number of hydrogen-bond donors (Lipinski definition) is 3. The molecular formula is C10H10ClN5O. The van der Waals surface area contributed by atoms with E-state index in [0.29, 0.717) is 16.4 Å². The minimum atomic E-state index is -0.354. The van der Waals surface area contributed by atoms with E-state index in [9.17, 15) is 5.11 Å². The maximum Gasteiger partial charge on any atom is 0.319 e. The van der Waals surface area contributed by atoms with Crippen molar-refractivity contribution in [3.05, 3.63) is 29.3 Å². The van der Waals surface area contributed by atoms with E-state index < -0.39 is 0 Å². The number of nitrogens with one attached hydrogen (secondary N) is 2. The van der Waals surface area contributed by atoms with Crippen LogP contribution < -0.4 is 10.9 Å². The van der Waals surface area contributed by atoms with E-state index in [1.807, 2.05) is 0 Å². The van der Waals surface area contributed by atoms with Gasteiger partial charge in [-0.25, -0.2) is 5.43 Å². The van der Waals surface area contributed by atoms with Crippen molar-refractivity contribution in [3.8, 4) is 17.4 Å². The summed E-state index contributed by atoms with van der Waals surface area (Å²) in [6, 6.07) is 6.68.